The van der Waals surface area contributed by atoms with Crippen LogP contribution < -0.4 is 11.1 Å². The Morgan fingerprint density at radius 2 is 1.95 bits per heavy atom. The summed E-state index contributed by atoms with van der Waals surface area (Å²) in [6, 6.07) is 9.10. The van der Waals surface area contributed by atoms with Crippen LogP contribution in [0.5, 0.6) is 0 Å². The SMILES string of the molecule is CCc1ccc(C(C)NCCCC(C)(C)C(N)=NO)cc1. The van der Waals surface area contributed by atoms with E-state index >= 15 is 0 Å². The van der Waals surface area contributed by atoms with Gasteiger partial charge < -0.3 is 16.3 Å². The highest BCUT2D eigenvalue weighted by Crippen LogP contribution is 2.22. The van der Waals surface area contributed by atoms with Gasteiger partial charge in [0.05, 0.1) is 0 Å². The molecule has 1 atom stereocenters. The van der Waals surface area contributed by atoms with E-state index in [1.807, 2.05) is 13.8 Å². The second kappa shape index (κ2) is 8.03. The molecule has 0 saturated carbocycles. The molecular formula is C17H29N3O. The summed E-state index contributed by atoms with van der Waals surface area (Å²) >= 11 is 0. The quantitative estimate of drug-likeness (QED) is 0.226. The van der Waals surface area contributed by atoms with E-state index in [9.17, 15) is 0 Å². The molecule has 118 valence electrons. The molecule has 0 bridgehead atoms. The van der Waals surface area contributed by atoms with Gasteiger partial charge in [-0.1, -0.05) is 50.2 Å². The fourth-order valence-electron chi connectivity index (χ4n) is 2.27. The molecular weight excluding hydrogens is 262 g/mol. The van der Waals surface area contributed by atoms with E-state index in [0.29, 0.717) is 11.9 Å². The Labute approximate surface area is 128 Å². The fourth-order valence-corrected chi connectivity index (χ4v) is 2.27. The zero-order valence-electron chi connectivity index (χ0n) is 13.7. The van der Waals surface area contributed by atoms with Crippen molar-refractivity contribution in [2.75, 3.05) is 6.54 Å². The summed E-state index contributed by atoms with van der Waals surface area (Å²) in [5.74, 6) is 0.297. The summed E-state index contributed by atoms with van der Waals surface area (Å²) in [4.78, 5) is 0. The van der Waals surface area contributed by atoms with Crippen LogP contribution in [0.15, 0.2) is 29.4 Å². The predicted molar refractivity (Wildman–Crippen MR) is 88.7 cm³/mol. The fraction of sp³-hybridized carbons (Fsp3) is 0.588. The molecule has 1 aromatic rings. The smallest absolute Gasteiger partial charge is 0.144 e. The molecule has 4 heteroatoms. The van der Waals surface area contributed by atoms with Crippen LogP contribution >= 0.6 is 0 Å². The first-order chi connectivity index (χ1) is 9.90. The third kappa shape index (κ3) is 5.38. The summed E-state index contributed by atoms with van der Waals surface area (Å²) in [7, 11) is 0. The minimum Gasteiger partial charge on any atom is -0.409 e. The summed E-state index contributed by atoms with van der Waals surface area (Å²) in [5.41, 5.74) is 8.10. The lowest BCUT2D eigenvalue weighted by molar-refractivity contribution is 0.304. The Balaban J connectivity index is 2.38. The Morgan fingerprint density at radius 3 is 2.48 bits per heavy atom. The molecule has 0 amide bonds. The first-order valence-corrected chi connectivity index (χ1v) is 7.71. The predicted octanol–water partition coefficient (Wildman–Crippen LogP) is 3.45. The van der Waals surface area contributed by atoms with Gasteiger partial charge in [0.25, 0.3) is 0 Å². The highest BCUT2D eigenvalue weighted by Gasteiger charge is 2.22. The number of nitrogens with zero attached hydrogens (tertiary/aromatic N) is 1. The molecule has 4 N–H and O–H groups in total. The summed E-state index contributed by atoms with van der Waals surface area (Å²) in [6.07, 6.45) is 2.95. The molecule has 0 aromatic heterocycles. The Kier molecular flexibility index (Phi) is 6.69. The van der Waals surface area contributed by atoms with Gasteiger partial charge >= 0.3 is 0 Å². The van der Waals surface area contributed by atoms with Gasteiger partial charge in [0, 0.05) is 11.5 Å². The van der Waals surface area contributed by atoms with Crippen LogP contribution in [0.2, 0.25) is 0 Å². The van der Waals surface area contributed by atoms with E-state index < -0.39 is 0 Å². The van der Waals surface area contributed by atoms with Crippen LogP contribution in [0, 0.1) is 5.41 Å². The van der Waals surface area contributed by atoms with Gasteiger partial charge in [0.15, 0.2) is 0 Å². The minimum atomic E-state index is -0.261. The number of benzene rings is 1. The zero-order valence-corrected chi connectivity index (χ0v) is 13.7. The number of aryl methyl sites for hydroxylation is 1. The van der Waals surface area contributed by atoms with Crippen molar-refractivity contribution in [1.82, 2.24) is 5.32 Å². The third-order valence-electron chi connectivity index (χ3n) is 4.12. The van der Waals surface area contributed by atoms with Crippen LogP contribution in [-0.2, 0) is 6.42 Å². The number of amidine groups is 1. The maximum atomic E-state index is 8.75. The van der Waals surface area contributed by atoms with Gasteiger partial charge in [-0.25, -0.2) is 0 Å². The molecule has 1 aromatic carbocycles. The van der Waals surface area contributed by atoms with Crippen LogP contribution in [0.25, 0.3) is 0 Å². The average molecular weight is 291 g/mol. The number of nitrogens with one attached hydrogen (secondary N) is 1. The molecule has 0 aliphatic heterocycles. The van der Waals surface area contributed by atoms with E-state index in [1.165, 1.54) is 11.1 Å². The zero-order chi connectivity index (χ0) is 15.9. The lowest BCUT2D eigenvalue weighted by Crippen LogP contribution is -2.32. The first kappa shape index (κ1) is 17.5. The number of nitrogens with two attached hydrogens (primary N) is 1. The lowest BCUT2D eigenvalue weighted by atomic mass is 9.86. The molecule has 1 rings (SSSR count). The molecule has 0 aliphatic carbocycles. The molecule has 0 aliphatic rings. The van der Waals surface area contributed by atoms with Crippen molar-refractivity contribution in [1.29, 1.82) is 0 Å². The standard InChI is InChI=1S/C17H29N3O/c1-5-14-7-9-15(10-8-14)13(2)19-12-6-11-17(3,4)16(18)20-21/h7-10,13,19,21H,5-6,11-12H2,1-4H3,(H2,18,20). The molecule has 4 nitrogen and oxygen atoms in total. The van der Waals surface area contributed by atoms with E-state index in [-0.39, 0.29) is 5.41 Å². The van der Waals surface area contributed by atoms with Crippen LogP contribution in [0.4, 0.5) is 0 Å². The summed E-state index contributed by atoms with van der Waals surface area (Å²) in [5, 5.41) is 15.4. The minimum absolute atomic E-state index is 0.261. The first-order valence-electron chi connectivity index (χ1n) is 7.71. The van der Waals surface area contributed by atoms with Crippen molar-refractivity contribution in [3.63, 3.8) is 0 Å². The molecule has 0 spiro atoms. The second-order valence-corrected chi connectivity index (χ2v) is 6.24. The van der Waals surface area contributed by atoms with Crippen molar-refractivity contribution in [2.24, 2.45) is 16.3 Å². The lowest BCUT2D eigenvalue weighted by Gasteiger charge is -2.23. The van der Waals surface area contributed by atoms with Gasteiger partial charge in [0.2, 0.25) is 0 Å². The van der Waals surface area contributed by atoms with E-state index in [2.05, 4.69) is 48.6 Å². The average Bonchev–Trinajstić information content (AvgIpc) is 2.50. The Morgan fingerprint density at radius 1 is 1.33 bits per heavy atom. The second-order valence-electron chi connectivity index (χ2n) is 6.24. The van der Waals surface area contributed by atoms with Gasteiger partial charge in [-0.15, -0.1) is 0 Å². The maximum Gasteiger partial charge on any atom is 0.144 e. The summed E-state index contributed by atoms with van der Waals surface area (Å²) < 4.78 is 0. The van der Waals surface area contributed by atoms with Crippen LogP contribution in [0.3, 0.4) is 0 Å². The molecule has 0 saturated heterocycles. The van der Waals surface area contributed by atoms with Crippen molar-refractivity contribution < 1.29 is 5.21 Å². The molecule has 1 unspecified atom stereocenters. The monoisotopic (exact) mass is 291 g/mol. The molecule has 21 heavy (non-hydrogen) atoms. The van der Waals surface area contributed by atoms with Crippen molar-refractivity contribution in [3.05, 3.63) is 35.4 Å². The van der Waals surface area contributed by atoms with Crippen molar-refractivity contribution >= 4 is 5.84 Å². The molecule has 0 radical (unpaired) electrons. The van der Waals surface area contributed by atoms with E-state index in [0.717, 1.165) is 25.8 Å². The summed E-state index contributed by atoms with van der Waals surface area (Å²) in [6.45, 7) is 9.25. The Bertz CT molecular complexity index is 452. The normalized spacial score (nSPS) is 14.2. The number of rotatable bonds is 8. The topological polar surface area (TPSA) is 70.6 Å². The van der Waals surface area contributed by atoms with Gasteiger partial charge in [-0.2, -0.15) is 0 Å². The maximum absolute atomic E-state index is 8.75. The van der Waals surface area contributed by atoms with Crippen LogP contribution in [-0.4, -0.2) is 17.6 Å². The van der Waals surface area contributed by atoms with Gasteiger partial charge in [-0.05, 0) is 43.9 Å². The highest BCUT2D eigenvalue weighted by atomic mass is 16.4. The highest BCUT2D eigenvalue weighted by molar-refractivity contribution is 5.85. The molecule has 0 heterocycles. The van der Waals surface area contributed by atoms with Crippen LogP contribution in [0.1, 0.15) is 57.7 Å². The third-order valence-corrected chi connectivity index (χ3v) is 4.12. The van der Waals surface area contributed by atoms with Gasteiger partial charge in [-0.3, -0.25) is 0 Å². The van der Waals surface area contributed by atoms with E-state index in [4.69, 9.17) is 10.9 Å². The number of hydrogen-bond acceptors (Lipinski definition) is 3. The van der Waals surface area contributed by atoms with Crippen molar-refractivity contribution in [3.8, 4) is 0 Å². The van der Waals surface area contributed by atoms with Crippen molar-refractivity contribution in [2.45, 2.75) is 53.0 Å². The van der Waals surface area contributed by atoms with E-state index in [1.54, 1.807) is 0 Å². The number of oxime groups is 1. The molecule has 0 fully saturated rings. The van der Waals surface area contributed by atoms with Gasteiger partial charge in [0.1, 0.15) is 5.84 Å². The number of hydrogen-bond donors (Lipinski definition) is 3. The Hall–Kier alpha value is -1.55. The largest absolute Gasteiger partial charge is 0.409 e.